The van der Waals surface area contributed by atoms with Crippen LogP contribution >= 0.6 is 0 Å². The predicted molar refractivity (Wildman–Crippen MR) is 187 cm³/mol. The van der Waals surface area contributed by atoms with Crippen molar-refractivity contribution >= 4 is 11.9 Å². The molecule has 0 heterocycles. The number of allylic oxidation sites excluding steroid dienone is 1. The molecule has 0 amide bonds. The molecule has 47 heavy (non-hydrogen) atoms. The van der Waals surface area contributed by atoms with Crippen LogP contribution in [0.15, 0.2) is 11.9 Å². The molecule has 0 aliphatic rings. The zero-order chi connectivity index (χ0) is 34.8. The van der Waals surface area contributed by atoms with Crippen molar-refractivity contribution in [3.05, 3.63) is 11.9 Å². The normalized spacial score (nSPS) is 13.0. The Kier molecular flexibility index (Phi) is 32.6. The summed E-state index contributed by atoms with van der Waals surface area (Å²) in [4.78, 5) is 24.8. The van der Waals surface area contributed by atoms with Crippen molar-refractivity contribution < 1.29 is 38.0 Å². The van der Waals surface area contributed by atoms with Gasteiger partial charge in [-0.1, -0.05) is 97.3 Å². The summed E-state index contributed by atoms with van der Waals surface area (Å²) in [5.74, 6) is 5.62. The first kappa shape index (κ1) is 45.1. The monoisotopic (exact) mass is 674 g/mol. The third kappa shape index (κ3) is 32.4. The summed E-state index contributed by atoms with van der Waals surface area (Å²) in [5.41, 5.74) is 6.57. The summed E-state index contributed by atoms with van der Waals surface area (Å²) in [5, 5.41) is 1.40. The molecule has 0 bridgehead atoms. The van der Waals surface area contributed by atoms with Gasteiger partial charge in [-0.3, -0.25) is 9.59 Å². The Morgan fingerprint density at radius 2 is 1.34 bits per heavy atom. The van der Waals surface area contributed by atoms with Crippen molar-refractivity contribution in [2.75, 3.05) is 53.5 Å². The van der Waals surface area contributed by atoms with E-state index in [1.807, 2.05) is 6.92 Å². The summed E-state index contributed by atoms with van der Waals surface area (Å²) in [6.45, 7) is 8.77. The van der Waals surface area contributed by atoms with Gasteiger partial charge in [0.2, 0.25) is 0 Å². The lowest BCUT2D eigenvalue weighted by molar-refractivity contribution is -0.153. The van der Waals surface area contributed by atoms with E-state index in [2.05, 4.69) is 13.8 Å². The fourth-order valence-electron chi connectivity index (χ4n) is 4.91. The van der Waals surface area contributed by atoms with Gasteiger partial charge < -0.3 is 39.2 Å². The van der Waals surface area contributed by atoms with Crippen LogP contribution in [0.5, 0.6) is 0 Å². The second-order valence-corrected chi connectivity index (χ2v) is 12.4. The van der Waals surface area contributed by atoms with E-state index in [9.17, 15) is 9.59 Å². The molecule has 0 aromatic carbocycles. The molecule has 2 unspecified atom stereocenters. The molecular formula is C36H71N3O8. The third-order valence-electron chi connectivity index (χ3n) is 7.71. The van der Waals surface area contributed by atoms with Crippen molar-refractivity contribution in [3.8, 4) is 0 Å². The maximum atomic E-state index is 12.6. The average Bonchev–Trinajstić information content (AvgIpc) is 3.04. The number of hydrazine groups is 1. The zero-order valence-electron chi connectivity index (χ0n) is 30.5. The van der Waals surface area contributed by atoms with E-state index in [1.54, 1.807) is 13.3 Å². The molecule has 0 radical (unpaired) electrons. The number of nitrogens with two attached hydrogens (primary N) is 2. The quantitative estimate of drug-likeness (QED) is 0.0238. The number of esters is 2. The average molecular weight is 674 g/mol. The second-order valence-electron chi connectivity index (χ2n) is 12.4. The number of hydrogen-bond donors (Lipinski definition) is 2. The largest absolute Gasteiger partial charge is 0.463 e. The first-order chi connectivity index (χ1) is 22.8. The molecule has 0 aromatic heterocycles. The molecular weight excluding hydrogens is 602 g/mol. The highest BCUT2D eigenvalue weighted by atomic mass is 16.7. The van der Waals surface area contributed by atoms with Crippen LogP contribution in [-0.2, 0) is 38.0 Å². The van der Waals surface area contributed by atoms with E-state index in [1.165, 1.54) is 69.2 Å². The summed E-state index contributed by atoms with van der Waals surface area (Å²) in [6.07, 6.45) is 20.3. The molecule has 0 aliphatic carbocycles. The molecule has 0 spiro atoms. The van der Waals surface area contributed by atoms with Crippen molar-refractivity contribution in [1.29, 1.82) is 0 Å². The third-order valence-corrected chi connectivity index (χ3v) is 7.71. The Balaban J connectivity index is 4.53. The van der Waals surface area contributed by atoms with Crippen LogP contribution in [0, 0.1) is 0 Å². The zero-order valence-corrected chi connectivity index (χ0v) is 30.5. The van der Waals surface area contributed by atoms with Crippen LogP contribution in [0.25, 0.3) is 0 Å². The van der Waals surface area contributed by atoms with Gasteiger partial charge in [-0.25, -0.2) is 5.84 Å². The molecule has 4 N–H and O–H groups in total. The lowest BCUT2D eigenvalue weighted by Gasteiger charge is -2.23. The number of nitrogens with zero attached hydrogens (tertiary/aromatic N) is 1. The highest BCUT2D eigenvalue weighted by Crippen LogP contribution is 2.11. The lowest BCUT2D eigenvalue weighted by Crippen LogP contribution is -2.39. The van der Waals surface area contributed by atoms with Crippen LogP contribution in [0.2, 0.25) is 0 Å². The molecule has 0 saturated carbocycles. The molecule has 0 rings (SSSR count). The van der Waals surface area contributed by atoms with Gasteiger partial charge in [0.15, 0.2) is 0 Å². The number of carbonyl (C=O) groups excluding carboxylic acids is 2. The standard InChI is InChI=1S/C36H71N3O8/c1-5-7-9-11-13-15-17-19-24-43-30-34(47-36(41)20-18-16-14-12-10-8-6-2)29-39(38)28-33(37)21-22-35(40)46-27-26-45-32(3)23-25-44-31-42-4/h28,32,34H,5-27,29-31,37-38H2,1-4H3/b33-28-. The molecule has 278 valence electrons. The number of rotatable bonds is 35. The van der Waals surface area contributed by atoms with Gasteiger partial charge in [-0.2, -0.15) is 0 Å². The molecule has 0 saturated heterocycles. The number of unbranched alkanes of at least 4 members (excludes halogenated alkanes) is 13. The highest BCUT2D eigenvalue weighted by Gasteiger charge is 2.17. The molecule has 11 nitrogen and oxygen atoms in total. The smallest absolute Gasteiger partial charge is 0.306 e. The maximum Gasteiger partial charge on any atom is 0.306 e. The van der Waals surface area contributed by atoms with Crippen LogP contribution in [0.4, 0.5) is 0 Å². The summed E-state index contributed by atoms with van der Waals surface area (Å²) < 4.78 is 32.6. The van der Waals surface area contributed by atoms with E-state index >= 15 is 0 Å². The Hall–Kier alpha value is -1.92. The summed E-state index contributed by atoms with van der Waals surface area (Å²) in [6, 6.07) is 0. The van der Waals surface area contributed by atoms with Crippen molar-refractivity contribution in [3.63, 3.8) is 0 Å². The number of methoxy groups -OCH3 is 1. The fourth-order valence-corrected chi connectivity index (χ4v) is 4.91. The molecule has 11 heteroatoms. The van der Waals surface area contributed by atoms with Gasteiger partial charge in [-0.15, -0.1) is 0 Å². The molecule has 0 aliphatic heterocycles. The van der Waals surface area contributed by atoms with Crippen LogP contribution in [-0.4, -0.2) is 82.6 Å². The van der Waals surface area contributed by atoms with Crippen molar-refractivity contribution in [2.24, 2.45) is 11.6 Å². The fraction of sp³-hybridized carbons (Fsp3) is 0.889. The second kappa shape index (κ2) is 34.0. The molecule has 2 atom stereocenters. The minimum Gasteiger partial charge on any atom is -0.463 e. The van der Waals surface area contributed by atoms with Crippen LogP contribution in [0.3, 0.4) is 0 Å². The van der Waals surface area contributed by atoms with Gasteiger partial charge in [0.25, 0.3) is 0 Å². The first-order valence-corrected chi connectivity index (χ1v) is 18.4. The van der Waals surface area contributed by atoms with Gasteiger partial charge in [0, 0.05) is 32.0 Å². The van der Waals surface area contributed by atoms with Gasteiger partial charge in [0.1, 0.15) is 19.5 Å². The topological polar surface area (TPSA) is 145 Å². The van der Waals surface area contributed by atoms with E-state index in [0.29, 0.717) is 31.9 Å². The SMILES string of the molecule is CCCCCCCCCCOCC(CN(N)/C=C(\N)CCC(=O)OCCOC(C)CCOCOC)OC(=O)CCCCCCCCC. The van der Waals surface area contributed by atoms with Crippen molar-refractivity contribution in [2.45, 2.75) is 155 Å². The van der Waals surface area contributed by atoms with E-state index < -0.39 is 6.10 Å². The maximum absolute atomic E-state index is 12.6. The minimum absolute atomic E-state index is 0.0152. The van der Waals surface area contributed by atoms with Gasteiger partial charge in [-0.05, 0) is 32.6 Å². The van der Waals surface area contributed by atoms with Crippen LogP contribution in [0.1, 0.15) is 143 Å². The Morgan fingerprint density at radius 1 is 0.723 bits per heavy atom. The van der Waals surface area contributed by atoms with E-state index in [-0.39, 0.29) is 57.4 Å². The first-order valence-electron chi connectivity index (χ1n) is 18.4. The number of hydrogen-bond acceptors (Lipinski definition) is 11. The summed E-state index contributed by atoms with van der Waals surface area (Å²) >= 11 is 0. The molecule has 0 fully saturated rings. The Morgan fingerprint density at radius 3 is 1.98 bits per heavy atom. The van der Waals surface area contributed by atoms with Gasteiger partial charge >= 0.3 is 11.9 Å². The number of ether oxygens (including phenoxy) is 6. The predicted octanol–water partition coefficient (Wildman–Crippen LogP) is 6.91. The minimum atomic E-state index is -0.519. The van der Waals surface area contributed by atoms with Gasteiger partial charge in [0.05, 0.1) is 38.9 Å². The van der Waals surface area contributed by atoms with Crippen LogP contribution < -0.4 is 11.6 Å². The lowest BCUT2D eigenvalue weighted by atomic mass is 10.1. The van der Waals surface area contributed by atoms with Crippen molar-refractivity contribution in [1.82, 2.24) is 5.01 Å². The number of carbonyl (C=O) groups is 2. The summed E-state index contributed by atoms with van der Waals surface area (Å²) in [7, 11) is 1.58. The molecule has 0 aromatic rings. The highest BCUT2D eigenvalue weighted by molar-refractivity contribution is 5.70. The van der Waals surface area contributed by atoms with E-state index in [4.69, 9.17) is 40.0 Å². The Labute approximate surface area is 286 Å². The Bertz CT molecular complexity index is 756. The van der Waals surface area contributed by atoms with E-state index in [0.717, 1.165) is 38.5 Å².